The summed E-state index contributed by atoms with van der Waals surface area (Å²) < 4.78 is 6.94. The molecule has 0 aliphatic carbocycles. The van der Waals surface area contributed by atoms with E-state index >= 15 is 0 Å². The van der Waals surface area contributed by atoms with Crippen molar-refractivity contribution in [3.63, 3.8) is 0 Å². The number of rotatable bonds is 3. The van der Waals surface area contributed by atoms with Gasteiger partial charge in [0, 0.05) is 43.0 Å². The van der Waals surface area contributed by atoms with Crippen molar-refractivity contribution in [2.45, 2.75) is 39.7 Å². The molecule has 2 bridgehead atoms. The van der Waals surface area contributed by atoms with Gasteiger partial charge in [0.1, 0.15) is 5.69 Å². The molecule has 1 saturated heterocycles. The fraction of sp³-hybridized carbons (Fsp3) is 0.476. The topological polar surface area (TPSA) is 84.4 Å². The second-order valence-electron chi connectivity index (χ2n) is 7.75. The van der Waals surface area contributed by atoms with E-state index in [1.165, 1.54) is 0 Å². The number of piperidine rings is 1. The van der Waals surface area contributed by atoms with Crippen LogP contribution in [-0.4, -0.2) is 46.0 Å². The predicted octanol–water partition coefficient (Wildman–Crippen LogP) is 2.23. The molecule has 0 radical (unpaired) electrons. The molecular formula is C21H25N3O4. The van der Waals surface area contributed by atoms with Gasteiger partial charge in [-0.15, -0.1) is 0 Å². The molecule has 0 saturated carbocycles. The van der Waals surface area contributed by atoms with E-state index in [-0.39, 0.29) is 29.9 Å². The number of nitrogens with zero attached hydrogens (tertiary/aromatic N) is 2. The number of hydrogen-bond acceptors (Lipinski definition) is 4. The number of H-pyrrole nitrogens is 1. The number of esters is 1. The monoisotopic (exact) mass is 383 g/mol. The maximum Gasteiger partial charge on any atom is 0.355 e. The molecule has 4 heterocycles. The van der Waals surface area contributed by atoms with Gasteiger partial charge in [-0.1, -0.05) is 6.07 Å². The lowest BCUT2D eigenvalue weighted by Crippen LogP contribution is -2.49. The van der Waals surface area contributed by atoms with E-state index in [0.29, 0.717) is 42.1 Å². The molecule has 0 unspecified atom stereocenters. The van der Waals surface area contributed by atoms with E-state index in [1.54, 1.807) is 26.0 Å². The van der Waals surface area contributed by atoms with Crippen LogP contribution in [0.3, 0.4) is 0 Å². The quantitative estimate of drug-likeness (QED) is 0.824. The van der Waals surface area contributed by atoms with Crippen molar-refractivity contribution in [2.75, 3.05) is 19.7 Å². The molecule has 4 rings (SSSR count). The first-order chi connectivity index (χ1) is 13.4. The van der Waals surface area contributed by atoms with Crippen LogP contribution in [0.4, 0.5) is 0 Å². The molecule has 1 fully saturated rings. The molecule has 1 N–H and O–H groups in total. The van der Waals surface area contributed by atoms with Crippen molar-refractivity contribution in [3.8, 4) is 0 Å². The van der Waals surface area contributed by atoms with Crippen molar-refractivity contribution in [3.05, 3.63) is 56.8 Å². The van der Waals surface area contributed by atoms with Gasteiger partial charge in [-0.2, -0.15) is 0 Å². The molecule has 2 aliphatic heterocycles. The SMILES string of the molecule is CCOC(=O)c1[nH]c(C)c(C(=O)N2C[C@H]3C[C@@H](C2)c2cccc(=O)n2C3)c1C. The number of pyridine rings is 1. The molecule has 2 atom stereocenters. The number of fused-ring (bicyclic) bond motifs is 4. The number of likely N-dealkylation sites (tertiary alicyclic amines) is 1. The second-order valence-corrected chi connectivity index (χ2v) is 7.75. The van der Waals surface area contributed by atoms with E-state index in [4.69, 9.17) is 4.74 Å². The van der Waals surface area contributed by atoms with Crippen molar-refractivity contribution >= 4 is 11.9 Å². The standard InChI is InChI=1S/C21H25N3O4/c1-4-28-21(27)19-12(2)18(13(3)22-19)20(26)23-9-14-8-15(11-23)16-6-5-7-17(25)24(16)10-14/h5-7,14-15,22H,4,8-11H2,1-3H3/t14-,15+/m1/s1. The molecular weight excluding hydrogens is 358 g/mol. The zero-order valence-electron chi connectivity index (χ0n) is 16.4. The first-order valence-corrected chi connectivity index (χ1v) is 9.76. The van der Waals surface area contributed by atoms with E-state index in [9.17, 15) is 14.4 Å². The predicted molar refractivity (Wildman–Crippen MR) is 104 cm³/mol. The van der Waals surface area contributed by atoms with Gasteiger partial charge in [0.25, 0.3) is 11.5 Å². The van der Waals surface area contributed by atoms with Crippen molar-refractivity contribution < 1.29 is 14.3 Å². The van der Waals surface area contributed by atoms with Gasteiger partial charge >= 0.3 is 5.97 Å². The minimum atomic E-state index is -0.439. The Morgan fingerprint density at radius 3 is 2.75 bits per heavy atom. The van der Waals surface area contributed by atoms with E-state index in [0.717, 1.165) is 12.1 Å². The Labute approximate surface area is 163 Å². The molecule has 2 aliphatic rings. The van der Waals surface area contributed by atoms with E-state index in [1.807, 2.05) is 22.5 Å². The highest BCUT2D eigenvalue weighted by Crippen LogP contribution is 2.36. The summed E-state index contributed by atoms with van der Waals surface area (Å²) in [5.41, 5.74) is 3.25. The van der Waals surface area contributed by atoms with Crippen LogP contribution >= 0.6 is 0 Å². The fourth-order valence-corrected chi connectivity index (χ4v) is 4.70. The normalized spacial score (nSPS) is 20.6. The van der Waals surface area contributed by atoms with Crippen LogP contribution < -0.4 is 5.56 Å². The number of aromatic amines is 1. The maximum atomic E-state index is 13.3. The average Bonchev–Trinajstić information content (AvgIpc) is 2.96. The summed E-state index contributed by atoms with van der Waals surface area (Å²) >= 11 is 0. The minimum absolute atomic E-state index is 0.0309. The number of carbonyl (C=O) groups is 2. The molecule has 2 aromatic heterocycles. The summed E-state index contributed by atoms with van der Waals surface area (Å²) in [6, 6.07) is 5.38. The van der Waals surface area contributed by atoms with Crippen LogP contribution in [0.25, 0.3) is 0 Å². The lowest BCUT2D eigenvalue weighted by atomic mass is 9.83. The van der Waals surface area contributed by atoms with Crippen molar-refractivity contribution in [2.24, 2.45) is 5.92 Å². The number of nitrogens with one attached hydrogen (secondary N) is 1. The zero-order valence-corrected chi connectivity index (χ0v) is 16.4. The van der Waals surface area contributed by atoms with Gasteiger partial charge in [-0.05, 0) is 44.7 Å². The lowest BCUT2D eigenvalue weighted by molar-refractivity contribution is 0.0519. The summed E-state index contributed by atoms with van der Waals surface area (Å²) in [5, 5.41) is 0. The highest BCUT2D eigenvalue weighted by Gasteiger charge is 2.37. The first-order valence-electron chi connectivity index (χ1n) is 9.76. The smallest absolute Gasteiger partial charge is 0.355 e. The van der Waals surface area contributed by atoms with Crippen molar-refractivity contribution in [1.82, 2.24) is 14.5 Å². The Balaban J connectivity index is 1.63. The molecule has 28 heavy (non-hydrogen) atoms. The number of carbonyl (C=O) groups excluding carboxylic acids is 2. The van der Waals surface area contributed by atoms with E-state index < -0.39 is 5.97 Å². The fourth-order valence-electron chi connectivity index (χ4n) is 4.70. The van der Waals surface area contributed by atoms with Gasteiger partial charge in [-0.25, -0.2) is 4.79 Å². The largest absolute Gasteiger partial charge is 0.461 e. The van der Waals surface area contributed by atoms with Gasteiger partial charge in [0.15, 0.2) is 0 Å². The molecule has 7 heteroatoms. The van der Waals surface area contributed by atoms with E-state index in [2.05, 4.69) is 4.98 Å². The Bertz CT molecular complexity index is 1000. The molecule has 0 spiro atoms. The maximum absolute atomic E-state index is 13.3. The zero-order chi connectivity index (χ0) is 20.0. The molecule has 148 valence electrons. The summed E-state index contributed by atoms with van der Waals surface area (Å²) in [4.78, 5) is 42.6. The minimum Gasteiger partial charge on any atom is -0.461 e. The van der Waals surface area contributed by atoms with Gasteiger partial charge in [0.2, 0.25) is 0 Å². The van der Waals surface area contributed by atoms with Gasteiger partial charge < -0.3 is 19.2 Å². The third-order valence-corrected chi connectivity index (χ3v) is 5.90. The number of ether oxygens (including phenoxy) is 1. The number of hydrogen-bond donors (Lipinski definition) is 1. The van der Waals surface area contributed by atoms with Gasteiger partial charge in [-0.3, -0.25) is 9.59 Å². The highest BCUT2D eigenvalue weighted by atomic mass is 16.5. The summed E-state index contributed by atoms with van der Waals surface area (Å²) in [6.45, 7) is 7.48. The Morgan fingerprint density at radius 2 is 2.00 bits per heavy atom. The lowest BCUT2D eigenvalue weighted by Gasteiger charge is -2.42. The third-order valence-electron chi connectivity index (χ3n) is 5.90. The number of amides is 1. The number of aromatic nitrogens is 2. The van der Waals surface area contributed by atoms with Crippen LogP contribution in [0.5, 0.6) is 0 Å². The van der Waals surface area contributed by atoms with Crippen LogP contribution in [-0.2, 0) is 11.3 Å². The Hall–Kier alpha value is -2.83. The van der Waals surface area contributed by atoms with Crippen LogP contribution in [0.2, 0.25) is 0 Å². The van der Waals surface area contributed by atoms with Gasteiger partial charge in [0.05, 0.1) is 12.2 Å². The second kappa shape index (κ2) is 6.96. The Kier molecular flexibility index (Phi) is 4.61. The Morgan fingerprint density at radius 1 is 1.21 bits per heavy atom. The first kappa shape index (κ1) is 18.5. The molecule has 0 aromatic carbocycles. The molecule has 7 nitrogen and oxygen atoms in total. The summed E-state index contributed by atoms with van der Waals surface area (Å²) in [7, 11) is 0. The average molecular weight is 383 g/mol. The summed E-state index contributed by atoms with van der Waals surface area (Å²) in [6.07, 6.45) is 0.992. The number of aryl methyl sites for hydroxylation is 1. The van der Waals surface area contributed by atoms with Crippen LogP contribution in [0.1, 0.15) is 57.1 Å². The highest BCUT2D eigenvalue weighted by molar-refractivity contribution is 6.01. The van der Waals surface area contributed by atoms with Crippen LogP contribution in [0.15, 0.2) is 23.0 Å². The summed E-state index contributed by atoms with van der Waals surface area (Å²) in [5.74, 6) is -0.0806. The molecule has 1 amide bonds. The third kappa shape index (κ3) is 2.95. The van der Waals surface area contributed by atoms with Crippen LogP contribution in [0, 0.1) is 19.8 Å². The molecule has 2 aromatic rings. The van der Waals surface area contributed by atoms with Crippen molar-refractivity contribution in [1.29, 1.82) is 0 Å².